The number of hydrogen-bond acceptors (Lipinski definition) is 18. The minimum absolute atomic E-state index is 0. The lowest BCUT2D eigenvalue weighted by Gasteiger charge is -2.50. The molecule has 3 fully saturated rings. The fourth-order valence-corrected chi connectivity index (χ4v) is 14.5. The Kier molecular flexibility index (Phi) is 34.0. The average molecular weight is 1580 g/mol. The molecule has 9 rings (SSSR count). The van der Waals surface area contributed by atoms with E-state index in [9.17, 15) is 79.2 Å². The maximum absolute atomic E-state index is 13.7. The van der Waals surface area contributed by atoms with Crippen molar-refractivity contribution >= 4 is 241 Å². The summed E-state index contributed by atoms with van der Waals surface area (Å²) in [5.74, 6) is -12.9. The van der Waals surface area contributed by atoms with E-state index < -0.39 is 154 Å². The molecule has 0 bridgehead atoms. The summed E-state index contributed by atoms with van der Waals surface area (Å²) in [7, 11) is 65.5. The van der Waals surface area contributed by atoms with Gasteiger partial charge in [-0.25, -0.2) is 3.11 Å². The van der Waals surface area contributed by atoms with Crippen molar-refractivity contribution in [3.05, 3.63) is 148 Å². The van der Waals surface area contributed by atoms with Crippen LogP contribution < -0.4 is 11.5 Å². The molecule has 0 spiro atoms. The lowest BCUT2D eigenvalue weighted by Crippen LogP contribution is -2.65. The number of aromatic hydroxyl groups is 2. The third kappa shape index (κ3) is 19.2. The highest BCUT2D eigenvalue weighted by Gasteiger charge is 2.66. The summed E-state index contributed by atoms with van der Waals surface area (Å²) >= 11 is 3.66. The number of phenols is 2. The number of fused-ring (bicyclic) bond motifs is 6. The second-order valence-corrected chi connectivity index (χ2v) is 27.0. The van der Waals surface area contributed by atoms with Crippen molar-refractivity contribution < 1.29 is 79.2 Å². The zero-order valence-electron chi connectivity index (χ0n) is 56.8. The van der Waals surface area contributed by atoms with Crippen LogP contribution in [-0.4, -0.2) is 289 Å². The smallest absolute Gasteiger partial charge is 0.255 e. The van der Waals surface area contributed by atoms with E-state index in [4.69, 9.17) is 96.6 Å². The number of imide groups is 1. The maximum atomic E-state index is 13.7. The molecule has 1 aliphatic heterocycles. The number of carbonyl (C=O) groups excluding carboxylic acids is 8. The molecule has 23 radical (unpaired) electrons. The number of carbonyl (C=O) groups is 8. The van der Waals surface area contributed by atoms with E-state index in [1.807, 2.05) is 42.5 Å². The first kappa shape index (κ1) is 90.7. The van der Waals surface area contributed by atoms with Crippen LogP contribution in [0.3, 0.4) is 0 Å². The number of phenolic OH excluding ortho intramolecular Hbond substituents is 2. The monoisotopic (exact) mass is 1580 g/mol. The molecule has 1 heterocycles. The quantitative estimate of drug-likeness (QED) is 0.0264. The van der Waals surface area contributed by atoms with Gasteiger partial charge in [0.1, 0.15) is 45.7 Å². The molecule has 1 saturated heterocycles. The van der Waals surface area contributed by atoms with Gasteiger partial charge in [0.2, 0.25) is 23.4 Å². The molecule has 0 aromatic heterocycles. The Labute approximate surface area is 646 Å². The van der Waals surface area contributed by atoms with E-state index in [1.165, 1.54) is 22.9 Å². The highest BCUT2D eigenvalue weighted by atomic mass is 127. The Balaban J connectivity index is 0.000000360. The number of halogens is 2. The number of nitrogens with two attached hydrogens (primary N) is 2. The van der Waals surface area contributed by atoms with Gasteiger partial charge in [0.15, 0.2) is 22.8 Å². The first-order chi connectivity index (χ1) is 47.5. The van der Waals surface area contributed by atoms with Crippen LogP contribution in [0.4, 0.5) is 0 Å². The minimum Gasteiger partial charge on any atom is -0.508 e. The van der Waals surface area contributed by atoms with Crippen LogP contribution in [0.5, 0.6) is 11.5 Å². The highest BCUT2D eigenvalue weighted by molar-refractivity contribution is 14.1. The summed E-state index contributed by atoms with van der Waals surface area (Å²) in [6, 6.07) is 2.85. The van der Waals surface area contributed by atoms with Crippen molar-refractivity contribution in [2.75, 3.05) is 28.2 Å². The molecular formula is C61H63B19I2N5O16. The fourth-order valence-electron chi connectivity index (χ4n) is 13.4. The number of amides is 4. The van der Waals surface area contributed by atoms with Crippen molar-refractivity contribution in [2.45, 2.75) is 95.9 Å². The molecule has 0 unspecified atom stereocenters. The first-order valence-corrected chi connectivity index (χ1v) is 33.4. The Morgan fingerprint density at radius 1 is 0.621 bits per heavy atom. The minimum atomic E-state index is -2.62. The molecule has 2 aromatic rings. The number of aliphatic hydroxyl groups is 6. The van der Waals surface area contributed by atoms with Crippen molar-refractivity contribution in [3.63, 3.8) is 0 Å². The van der Waals surface area contributed by atoms with E-state index in [0.29, 0.717) is 53.2 Å². The topological polar surface area (TPSA) is 360 Å². The van der Waals surface area contributed by atoms with E-state index in [1.54, 1.807) is 57.1 Å². The van der Waals surface area contributed by atoms with E-state index >= 15 is 0 Å². The van der Waals surface area contributed by atoms with Gasteiger partial charge in [-0.15, -0.1) is 0 Å². The predicted molar refractivity (Wildman–Crippen MR) is 430 cm³/mol. The molecule has 6 aliphatic carbocycles. The molecule has 8 atom stereocenters. The third-order valence-electron chi connectivity index (χ3n) is 18.2. The van der Waals surface area contributed by atoms with Crippen LogP contribution in [0.1, 0.15) is 80.3 Å². The van der Waals surface area contributed by atoms with E-state index in [-0.39, 0.29) is 72.2 Å². The number of benzene rings is 2. The molecule has 21 nitrogen and oxygen atoms in total. The Bertz CT molecular complexity index is 4080. The second kappa shape index (κ2) is 38.7. The molecular weight excluding hydrogens is 1520 g/mol. The highest BCUT2D eigenvalue weighted by Crippen LogP contribution is 2.55. The van der Waals surface area contributed by atoms with Gasteiger partial charge in [0.05, 0.1) is 49.6 Å². The number of ketones is 4. The van der Waals surface area contributed by atoms with Gasteiger partial charge in [-0.1, -0.05) is 38.8 Å². The second-order valence-electron chi connectivity index (χ2n) is 24.9. The van der Waals surface area contributed by atoms with Crippen LogP contribution in [0, 0.1) is 27.2 Å². The maximum Gasteiger partial charge on any atom is 0.255 e. The van der Waals surface area contributed by atoms with Gasteiger partial charge in [-0.05, 0) is 183 Å². The summed E-state index contributed by atoms with van der Waals surface area (Å²) in [5, 5.41) is 87.9. The van der Waals surface area contributed by atoms with Crippen LogP contribution in [-0.2, 0) is 64.0 Å². The van der Waals surface area contributed by atoms with Gasteiger partial charge in [-0.2, -0.15) is 0 Å². The summed E-state index contributed by atoms with van der Waals surface area (Å²) in [5.41, 5.74) is 26.4. The van der Waals surface area contributed by atoms with Crippen LogP contribution in [0.15, 0.2) is 111 Å². The predicted octanol–water partition coefficient (Wildman–Crippen LogP) is -2.41. The number of aliphatic hydroxyl groups excluding tert-OH is 4. The number of Topliss-reactive ketones (excluding diaryl/α,β-unsaturated/α-hetero) is 4. The Hall–Kier alpha value is -6.53. The molecule has 499 valence electrons. The molecule has 2 aromatic carbocycles. The van der Waals surface area contributed by atoms with Crippen LogP contribution in [0.2, 0.25) is 0 Å². The number of aryl methyl sites for hydroxylation is 2. The first-order valence-electron chi connectivity index (χ1n) is 31.4. The summed E-state index contributed by atoms with van der Waals surface area (Å²) in [6.07, 6.45) is -1.05. The Morgan fingerprint density at radius 3 is 1.26 bits per heavy atom. The molecule has 4 amide bonds. The van der Waals surface area contributed by atoms with Crippen LogP contribution in [0.25, 0.3) is 11.5 Å². The van der Waals surface area contributed by atoms with Gasteiger partial charge < -0.3 is 52.3 Å². The van der Waals surface area contributed by atoms with Crippen LogP contribution >= 0.6 is 45.5 Å². The van der Waals surface area contributed by atoms with Crippen molar-refractivity contribution in [3.8, 4) is 11.5 Å². The molecule has 42 heteroatoms. The van der Waals surface area contributed by atoms with Crippen molar-refractivity contribution in [1.82, 2.24) is 12.9 Å². The third-order valence-corrected chi connectivity index (χ3v) is 20.1. The molecule has 7 aliphatic rings. The Morgan fingerprint density at radius 2 is 0.981 bits per heavy atom. The van der Waals surface area contributed by atoms with Gasteiger partial charge >= 0.3 is 0 Å². The molecule has 103 heavy (non-hydrogen) atoms. The summed E-state index contributed by atoms with van der Waals surface area (Å²) < 4.78 is 1.64. The summed E-state index contributed by atoms with van der Waals surface area (Å²) in [6.45, 7) is 10.4. The van der Waals surface area contributed by atoms with E-state index in [0.717, 1.165) is 14.2 Å². The average Bonchev–Trinajstić information content (AvgIpc) is 0.884. The molecule has 12 N–H and O–H groups in total. The fraction of sp³-hybridized carbons (Fsp3) is 0.377. The SMILES string of the molecule is C.C=C=C=C=C=C=C=C=C=C.CCc1cc(I)c(O)c2c1C[C@H]1C[C@H]3[C@H](N(C)C)C(=O)C(C(N)=O)=C(O)[C@@]3(O)C(=O)C1=C2O.CCc1ccc(O)c2c1C[C@H]1C[C@H]3[C@H](N(C)C)C(=O)C(C(N)=O)=C(O)[C@@]3(O)C(=O)C1=C2O.O=C1CCC(=O)N1I.[B]B([B])B(B([B])[B])B([B])[B].[B][B]B(B([B])[B])B([B])[B]. The molecule has 2 saturated carbocycles. The number of likely N-dealkylation sites (N-methyl/N-ethyl adjacent to an activating group) is 2. The van der Waals surface area contributed by atoms with Crippen molar-refractivity contribution in [1.29, 1.82) is 0 Å². The standard InChI is InChI=1S/C23H25IN2O7.C23H26N2O7.C10H4.C4H4INO2.CH4.B10.B9/c1-4-8-7-12(24)17(27)14-10(8)5-9-6-11-16(26(2)3)19(29)15(22(25)32)21(31)23(11,33)20(30)13(9)18(14)28;1-4-9-5-6-13(26)15-11(9)7-10-8-12-17(25(2)3)19(28)16(22(24)31)21(30)23(12,32)20(29)14(10)18(15)27;1-3-5-7-9-10-8-6-4-2;5-6-3(7)1-2-4(6)8;;1-7(2)10(8(3)4)9(5)6;1-6-9(7(2)3)8(4)5/h7,9,11,16,27-28,31,33H,4-6H2,1-3H3,(H2,25,32);5-6,10,12,17,26-27,30,32H,4,7-8H2,1-3H3,(H2,24,31);1-2H2;1-2H2;1H4;;/t9-,11-,16-,23-;10-,12-,17-,23-;;;;;/m00...../s1. The lowest BCUT2D eigenvalue weighted by atomic mass is 8.58. The zero-order valence-corrected chi connectivity index (χ0v) is 61.1. The lowest BCUT2D eigenvalue weighted by molar-refractivity contribution is -0.155. The van der Waals surface area contributed by atoms with Gasteiger partial charge in [-0.3, -0.25) is 48.2 Å². The summed E-state index contributed by atoms with van der Waals surface area (Å²) in [4.78, 5) is 101. The normalized spacial score (nSPS) is 22.0. The van der Waals surface area contributed by atoms with Gasteiger partial charge in [0, 0.05) is 173 Å². The zero-order chi connectivity index (χ0) is 77.8. The van der Waals surface area contributed by atoms with E-state index in [2.05, 4.69) is 59.0 Å². The largest absolute Gasteiger partial charge is 0.508 e. The number of nitrogens with zero attached hydrogens (tertiary/aromatic N) is 3. The number of primary amides is 2. The van der Waals surface area contributed by atoms with Crippen molar-refractivity contribution in [2.24, 2.45) is 35.1 Å². The number of hydrogen-bond donors (Lipinski definition) is 10. The number of rotatable bonds is 12. The van der Waals surface area contributed by atoms with Gasteiger partial charge in [0.25, 0.3) is 11.8 Å².